The van der Waals surface area contributed by atoms with Crippen LogP contribution in [-0.2, 0) is 13.2 Å². The summed E-state index contributed by atoms with van der Waals surface area (Å²) in [5, 5.41) is 13.0. The van der Waals surface area contributed by atoms with Gasteiger partial charge in [0.25, 0.3) is 0 Å². The lowest BCUT2D eigenvalue weighted by atomic mass is 10.1. The van der Waals surface area contributed by atoms with E-state index >= 15 is 0 Å². The van der Waals surface area contributed by atoms with Crippen LogP contribution in [0.3, 0.4) is 0 Å². The van der Waals surface area contributed by atoms with Gasteiger partial charge in [-0.25, -0.2) is 9.18 Å². The van der Waals surface area contributed by atoms with Gasteiger partial charge in [0.05, 0.1) is 5.56 Å². The van der Waals surface area contributed by atoms with Gasteiger partial charge in [-0.3, -0.25) is 0 Å². The molecule has 0 heterocycles. The number of carboxylic acids is 1. The third kappa shape index (κ3) is 5.02. The fourth-order valence-electron chi connectivity index (χ4n) is 2.70. The molecule has 4 nitrogen and oxygen atoms in total. The van der Waals surface area contributed by atoms with Crippen LogP contribution in [0.25, 0.3) is 0 Å². The van der Waals surface area contributed by atoms with Gasteiger partial charge in [-0.1, -0.05) is 29.8 Å². The van der Waals surface area contributed by atoms with E-state index in [0.29, 0.717) is 23.9 Å². The monoisotopic (exact) mass is 399 g/mol. The minimum absolute atomic E-state index is 0.215. The summed E-state index contributed by atoms with van der Waals surface area (Å²) in [6.07, 6.45) is 0. The van der Waals surface area contributed by atoms with Crippen LogP contribution in [0, 0.1) is 12.7 Å². The maximum absolute atomic E-state index is 13.0. The second kappa shape index (κ2) is 8.76. The quantitative estimate of drug-likeness (QED) is 0.536. The second-order valence-corrected chi connectivity index (χ2v) is 6.79. The molecule has 0 aliphatic heterocycles. The Labute approximate surface area is 167 Å². The van der Waals surface area contributed by atoms with Gasteiger partial charge >= 0.3 is 5.97 Å². The largest absolute Gasteiger partial charge is 0.489 e. The van der Waals surface area contributed by atoms with E-state index in [1.807, 2.05) is 6.92 Å². The van der Waals surface area contributed by atoms with Crippen molar-refractivity contribution in [3.63, 3.8) is 0 Å². The molecule has 28 heavy (non-hydrogen) atoms. The number of carbonyl (C=O) groups is 1. The van der Waals surface area contributed by atoms with Crippen molar-refractivity contribution in [3.05, 3.63) is 93.8 Å². The van der Waals surface area contributed by atoms with Crippen molar-refractivity contribution < 1.29 is 19.0 Å². The van der Waals surface area contributed by atoms with Gasteiger partial charge in [0, 0.05) is 22.8 Å². The first-order valence-corrected chi connectivity index (χ1v) is 9.03. The third-order valence-electron chi connectivity index (χ3n) is 4.28. The number of carboxylic acid groups (broad SMARTS) is 1. The summed E-state index contributed by atoms with van der Waals surface area (Å²) in [5.74, 6) is -0.624. The fraction of sp³-hybridized carbons (Fsp3) is 0.136. The van der Waals surface area contributed by atoms with Gasteiger partial charge in [-0.15, -0.1) is 0 Å². The van der Waals surface area contributed by atoms with Crippen molar-refractivity contribution in [1.29, 1.82) is 0 Å². The number of halogens is 2. The van der Waals surface area contributed by atoms with Gasteiger partial charge in [0.15, 0.2) is 0 Å². The molecule has 2 N–H and O–H groups in total. The standard InChI is InChI=1S/C22H19ClFNO3/c1-14-2-5-16(22(26)27)11-20(14)25-12-17-10-18(23)6-9-21(17)28-13-15-3-7-19(24)8-4-15/h2-11,25H,12-13H2,1H3,(H,26,27). The van der Waals surface area contributed by atoms with Crippen LogP contribution in [-0.4, -0.2) is 11.1 Å². The molecule has 0 aliphatic carbocycles. The van der Waals surface area contributed by atoms with Gasteiger partial charge in [0.1, 0.15) is 18.2 Å². The van der Waals surface area contributed by atoms with Crippen LogP contribution < -0.4 is 10.1 Å². The first-order chi connectivity index (χ1) is 13.4. The highest BCUT2D eigenvalue weighted by Gasteiger charge is 2.09. The molecule has 0 amide bonds. The lowest BCUT2D eigenvalue weighted by Gasteiger charge is -2.15. The van der Waals surface area contributed by atoms with Gasteiger partial charge < -0.3 is 15.2 Å². The molecule has 0 fully saturated rings. The Hall–Kier alpha value is -3.05. The topological polar surface area (TPSA) is 58.6 Å². The number of aryl methyl sites for hydroxylation is 1. The highest BCUT2D eigenvalue weighted by Crippen LogP contribution is 2.26. The summed E-state index contributed by atoms with van der Waals surface area (Å²) >= 11 is 6.13. The number of hydrogen-bond donors (Lipinski definition) is 2. The number of aromatic carboxylic acids is 1. The lowest BCUT2D eigenvalue weighted by molar-refractivity contribution is 0.0697. The second-order valence-electron chi connectivity index (χ2n) is 6.36. The van der Waals surface area contributed by atoms with Crippen LogP contribution in [0.5, 0.6) is 5.75 Å². The normalized spacial score (nSPS) is 10.5. The van der Waals surface area contributed by atoms with Crippen LogP contribution in [0.2, 0.25) is 5.02 Å². The summed E-state index contributed by atoms with van der Waals surface area (Å²) in [6.45, 7) is 2.60. The van der Waals surface area contributed by atoms with Gasteiger partial charge in [-0.05, 0) is 60.5 Å². The predicted octanol–water partition coefficient (Wildman–Crippen LogP) is 5.68. The Morgan fingerprint density at radius 2 is 1.86 bits per heavy atom. The van der Waals surface area contributed by atoms with E-state index in [-0.39, 0.29) is 11.4 Å². The maximum Gasteiger partial charge on any atom is 0.335 e. The predicted molar refractivity (Wildman–Crippen MR) is 108 cm³/mol. The highest BCUT2D eigenvalue weighted by molar-refractivity contribution is 6.30. The highest BCUT2D eigenvalue weighted by atomic mass is 35.5. The minimum atomic E-state index is -0.978. The van der Waals surface area contributed by atoms with Crippen molar-refractivity contribution in [3.8, 4) is 5.75 Å². The van der Waals surface area contributed by atoms with Crippen molar-refractivity contribution >= 4 is 23.3 Å². The van der Waals surface area contributed by atoms with E-state index in [4.69, 9.17) is 16.3 Å². The van der Waals surface area contributed by atoms with E-state index in [9.17, 15) is 14.3 Å². The minimum Gasteiger partial charge on any atom is -0.489 e. The van der Waals surface area contributed by atoms with Crippen LogP contribution >= 0.6 is 11.6 Å². The molecule has 3 aromatic rings. The summed E-state index contributed by atoms with van der Waals surface area (Å²) in [7, 11) is 0. The smallest absolute Gasteiger partial charge is 0.335 e. The Morgan fingerprint density at radius 1 is 1.11 bits per heavy atom. The maximum atomic E-state index is 13.0. The van der Waals surface area contributed by atoms with E-state index < -0.39 is 5.97 Å². The third-order valence-corrected chi connectivity index (χ3v) is 4.52. The molecule has 144 valence electrons. The van der Waals surface area contributed by atoms with Crippen LogP contribution in [0.4, 0.5) is 10.1 Å². The molecule has 0 aliphatic rings. The summed E-state index contributed by atoms with van der Waals surface area (Å²) in [4.78, 5) is 11.2. The molecule has 0 saturated heterocycles. The summed E-state index contributed by atoms with van der Waals surface area (Å²) < 4.78 is 18.9. The van der Waals surface area contributed by atoms with E-state index in [0.717, 1.165) is 22.4 Å². The molecule has 6 heteroatoms. The molecule has 0 spiro atoms. The van der Waals surface area contributed by atoms with E-state index in [1.165, 1.54) is 12.1 Å². The van der Waals surface area contributed by atoms with Crippen molar-refractivity contribution in [1.82, 2.24) is 0 Å². The summed E-state index contributed by atoms with van der Waals surface area (Å²) in [5.41, 5.74) is 3.55. The molecular weight excluding hydrogens is 381 g/mol. The van der Waals surface area contributed by atoms with Crippen molar-refractivity contribution in [2.75, 3.05) is 5.32 Å². The van der Waals surface area contributed by atoms with Crippen LogP contribution in [0.15, 0.2) is 60.7 Å². The molecule has 0 unspecified atom stereocenters. The zero-order valence-corrected chi connectivity index (χ0v) is 16.0. The molecular formula is C22H19ClFNO3. The molecule has 0 radical (unpaired) electrons. The number of ether oxygens (including phenoxy) is 1. The molecule has 0 bridgehead atoms. The van der Waals surface area contributed by atoms with Crippen LogP contribution in [0.1, 0.15) is 27.0 Å². The fourth-order valence-corrected chi connectivity index (χ4v) is 2.90. The zero-order valence-electron chi connectivity index (χ0n) is 15.2. The molecule has 0 aromatic heterocycles. The Morgan fingerprint density at radius 3 is 2.57 bits per heavy atom. The Balaban J connectivity index is 1.75. The number of nitrogens with one attached hydrogen (secondary N) is 1. The average molecular weight is 400 g/mol. The van der Waals surface area contributed by atoms with Crippen molar-refractivity contribution in [2.45, 2.75) is 20.1 Å². The zero-order chi connectivity index (χ0) is 20.1. The number of anilines is 1. The number of rotatable bonds is 7. The van der Waals surface area contributed by atoms with E-state index in [1.54, 1.807) is 48.5 Å². The Kier molecular flexibility index (Phi) is 6.16. The summed E-state index contributed by atoms with van der Waals surface area (Å²) in [6, 6.07) is 16.4. The lowest BCUT2D eigenvalue weighted by Crippen LogP contribution is -2.06. The van der Waals surface area contributed by atoms with E-state index in [2.05, 4.69) is 5.32 Å². The van der Waals surface area contributed by atoms with Crippen molar-refractivity contribution in [2.24, 2.45) is 0 Å². The first-order valence-electron chi connectivity index (χ1n) is 8.66. The molecule has 3 aromatic carbocycles. The van der Waals surface area contributed by atoms with Gasteiger partial charge in [-0.2, -0.15) is 0 Å². The Bertz CT molecular complexity index is 990. The molecule has 3 rings (SSSR count). The average Bonchev–Trinajstić information content (AvgIpc) is 2.67. The molecule has 0 atom stereocenters. The number of hydrogen-bond acceptors (Lipinski definition) is 3. The molecule has 0 saturated carbocycles. The number of benzene rings is 3. The van der Waals surface area contributed by atoms with Gasteiger partial charge in [0.2, 0.25) is 0 Å². The first kappa shape index (κ1) is 19.7. The SMILES string of the molecule is Cc1ccc(C(=O)O)cc1NCc1cc(Cl)ccc1OCc1ccc(F)cc1.